The third-order valence-corrected chi connectivity index (χ3v) is 6.62. The minimum atomic E-state index is -3.30. The molecule has 1 aliphatic carbocycles. The van der Waals surface area contributed by atoms with E-state index in [1.165, 1.54) is 21.9 Å². The Labute approximate surface area is 164 Å². The maximum absolute atomic E-state index is 12.3. The highest BCUT2D eigenvalue weighted by Gasteiger charge is 2.29. The van der Waals surface area contributed by atoms with E-state index in [0.717, 1.165) is 24.1 Å². The molecule has 2 aromatic rings. The average Bonchev–Trinajstić information content (AvgIpc) is 3.22. The molecule has 1 heterocycles. The highest BCUT2D eigenvalue weighted by atomic mass is 32.2. The highest BCUT2D eigenvalue weighted by Crippen LogP contribution is 2.32. The summed E-state index contributed by atoms with van der Waals surface area (Å²) in [4.78, 5) is 14.9. The number of nitrogens with one attached hydrogen (secondary N) is 1. The number of amides is 1. The zero-order valence-corrected chi connectivity index (χ0v) is 17.4. The summed E-state index contributed by atoms with van der Waals surface area (Å²) in [5, 5.41) is 4.76. The van der Waals surface area contributed by atoms with Crippen LogP contribution in [-0.2, 0) is 16.6 Å². The second kappa shape index (κ2) is 8.00. The van der Waals surface area contributed by atoms with Crippen LogP contribution in [0.25, 0.3) is 0 Å². The molecular weight excluding hydrogens is 382 g/mol. The Bertz CT molecular complexity index is 904. The standard InChI is InChI=1S/C19H25N3O3S2/c1-21(2)17-9-8-16(20-19(23)18-5-4-10-26-18)11-15(17)13-22(27(3,24)25)12-14-6-7-14/h4-5,8-11,14H,6-7,12-13H2,1-3H3,(H,20,23). The van der Waals surface area contributed by atoms with E-state index in [1.54, 1.807) is 6.07 Å². The SMILES string of the molecule is CN(C)c1ccc(NC(=O)c2cccs2)cc1CN(CC1CC1)S(C)(=O)=O. The quantitative estimate of drug-likeness (QED) is 0.729. The van der Waals surface area contributed by atoms with Crippen LogP contribution < -0.4 is 10.2 Å². The minimum absolute atomic E-state index is 0.161. The molecule has 3 rings (SSSR count). The Hall–Kier alpha value is -1.90. The van der Waals surface area contributed by atoms with Gasteiger partial charge in [-0.1, -0.05) is 6.07 Å². The van der Waals surface area contributed by atoms with E-state index in [-0.39, 0.29) is 5.91 Å². The lowest BCUT2D eigenvalue weighted by atomic mass is 10.1. The molecule has 146 valence electrons. The first-order chi connectivity index (χ1) is 12.7. The summed E-state index contributed by atoms with van der Waals surface area (Å²) >= 11 is 1.38. The minimum Gasteiger partial charge on any atom is -0.377 e. The van der Waals surface area contributed by atoms with Crippen LogP contribution in [-0.4, -0.2) is 45.5 Å². The number of carbonyl (C=O) groups excluding carboxylic acids is 1. The van der Waals surface area contributed by atoms with Crippen molar-refractivity contribution in [3.8, 4) is 0 Å². The third-order valence-electron chi connectivity index (χ3n) is 4.54. The lowest BCUT2D eigenvalue weighted by molar-refractivity contribution is 0.103. The summed E-state index contributed by atoms with van der Waals surface area (Å²) < 4.78 is 26.0. The molecule has 1 fully saturated rings. The molecule has 1 aromatic carbocycles. The van der Waals surface area contributed by atoms with Crippen LogP contribution in [0.4, 0.5) is 11.4 Å². The van der Waals surface area contributed by atoms with Crippen molar-refractivity contribution in [1.82, 2.24) is 4.31 Å². The van der Waals surface area contributed by atoms with Crippen molar-refractivity contribution >= 4 is 38.6 Å². The average molecular weight is 408 g/mol. The summed E-state index contributed by atoms with van der Waals surface area (Å²) in [6.07, 6.45) is 3.43. The number of sulfonamides is 1. The number of benzene rings is 1. The number of rotatable bonds is 8. The molecule has 1 aliphatic rings. The van der Waals surface area contributed by atoms with Gasteiger partial charge in [0.2, 0.25) is 10.0 Å². The van der Waals surface area contributed by atoms with Crippen LogP contribution in [0.1, 0.15) is 28.1 Å². The molecule has 8 heteroatoms. The Kier molecular flexibility index (Phi) is 5.88. The van der Waals surface area contributed by atoms with Crippen molar-refractivity contribution < 1.29 is 13.2 Å². The zero-order valence-electron chi connectivity index (χ0n) is 15.8. The molecule has 0 radical (unpaired) electrons. The second-order valence-corrected chi connectivity index (χ2v) is 10.1. The predicted molar refractivity (Wildman–Crippen MR) is 111 cm³/mol. The van der Waals surface area contributed by atoms with Crippen molar-refractivity contribution in [3.05, 3.63) is 46.2 Å². The van der Waals surface area contributed by atoms with E-state index in [2.05, 4.69) is 5.32 Å². The lowest BCUT2D eigenvalue weighted by Crippen LogP contribution is -2.32. The molecule has 1 amide bonds. The van der Waals surface area contributed by atoms with Gasteiger partial charge in [0.15, 0.2) is 0 Å². The Morgan fingerprint density at radius 2 is 2.00 bits per heavy atom. The van der Waals surface area contributed by atoms with Crippen LogP contribution in [0.15, 0.2) is 35.7 Å². The first-order valence-corrected chi connectivity index (χ1v) is 11.6. The van der Waals surface area contributed by atoms with E-state index in [1.807, 2.05) is 48.6 Å². The first kappa shape index (κ1) is 19.9. The normalized spacial score (nSPS) is 14.4. The van der Waals surface area contributed by atoms with E-state index in [0.29, 0.717) is 29.6 Å². The van der Waals surface area contributed by atoms with Gasteiger partial charge in [-0.2, -0.15) is 4.31 Å². The Morgan fingerprint density at radius 3 is 2.56 bits per heavy atom. The van der Waals surface area contributed by atoms with Gasteiger partial charge >= 0.3 is 0 Å². The molecule has 1 aromatic heterocycles. The molecule has 0 atom stereocenters. The fraction of sp³-hybridized carbons (Fsp3) is 0.421. The van der Waals surface area contributed by atoms with Crippen molar-refractivity contribution in [2.75, 3.05) is 37.1 Å². The number of anilines is 2. The lowest BCUT2D eigenvalue weighted by Gasteiger charge is -2.24. The van der Waals surface area contributed by atoms with Gasteiger partial charge in [-0.15, -0.1) is 11.3 Å². The number of hydrogen-bond acceptors (Lipinski definition) is 5. The summed E-state index contributed by atoms with van der Waals surface area (Å²) in [6, 6.07) is 9.23. The van der Waals surface area contributed by atoms with Gasteiger partial charge in [0.05, 0.1) is 11.1 Å². The fourth-order valence-corrected chi connectivity index (χ4v) is 4.40. The first-order valence-electron chi connectivity index (χ1n) is 8.84. The van der Waals surface area contributed by atoms with E-state index in [9.17, 15) is 13.2 Å². The van der Waals surface area contributed by atoms with Gasteiger partial charge in [0.1, 0.15) is 0 Å². The van der Waals surface area contributed by atoms with Gasteiger partial charge in [0, 0.05) is 38.6 Å². The van der Waals surface area contributed by atoms with Crippen molar-refractivity contribution in [2.45, 2.75) is 19.4 Å². The summed E-state index contributed by atoms with van der Waals surface area (Å²) in [5.74, 6) is 0.302. The van der Waals surface area contributed by atoms with Crippen LogP contribution in [0.5, 0.6) is 0 Å². The number of carbonyl (C=O) groups is 1. The number of nitrogens with zero attached hydrogens (tertiary/aromatic N) is 2. The van der Waals surface area contributed by atoms with Gasteiger partial charge < -0.3 is 10.2 Å². The van der Waals surface area contributed by atoms with Crippen LogP contribution in [0, 0.1) is 5.92 Å². The molecule has 0 spiro atoms. The van der Waals surface area contributed by atoms with Crippen molar-refractivity contribution in [3.63, 3.8) is 0 Å². The van der Waals surface area contributed by atoms with Gasteiger partial charge in [-0.25, -0.2) is 8.42 Å². The van der Waals surface area contributed by atoms with Crippen LogP contribution >= 0.6 is 11.3 Å². The number of thiophene rings is 1. The van der Waals surface area contributed by atoms with E-state index >= 15 is 0 Å². The molecule has 0 unspecified atom stereocenters. The summed E-state index contributed by atoms with van der Waals surface area (Å²) in [5.41, 5.74) is 2.47. The molecular formula is C19H25N3O3S2. The highest BCUT2D eigenvalue weighted by molar-refractivity contribution is 7.88. The van der Waals surface area contributed by atoms with Gasteiger partial charge in [0.25, 0.3) is 5.91 Å². The largest absolute Gasteiger partial charge is 0.377 e. The maximum atomic E-state index is 12.3. The smallest absolute Gasteiger partial charge is 0.265 e. The molecule has 0 bridgehead atoms. The van der Waals surface area contributed by atoms with Gasteiger partial charge in [-0.3, -0.25) is 4.79 Å². The van der Waals surface area contributed by atoms with Crippen molar-refractivity contribution in [2.24, 2.45) is 5.92 Å². The zero-order chi connectivity index (χ0) is 19.6. The van der Waals surface area contributed by atoms with E-state index < -0.39 is 10.0 Å². The molecule has 0 aliphatic heterocycles. The summed E-state index contributed by atoms with van der Waals surface area (Å²) in [6.45, 7) is 0.850. The molecule has 1 saturated carbocycles. The van der Waals surface area contributed by atoms with Crippen molar-refractivity contribution in [1.29, 1.82) is 0 Å². The topological polar surface area (TPSA) is 69.7 Å². The third kappa shape index (κ3) is 5.31. The second-order valence-electron chi connectivity index (χ2n) is 7.17. The molecule has 1 N–H and O–H groups in total. The Balaban J connectivity index is 1.85. The maximum Gasteiger partial charge on any atom is 0.265 e. The predicted octanol–water partition coefficient (Wildman–Crippen LogP) is 3.24. The van der Waals surface area contributed by atoms with Gasteiger partial charge in [-0.05, 0) is 54.0 Å². The van der Waals surface area contributed by atoms with E-state index in [4.69, 9.17) is 0 Å². The Morgan fingerprint density at radius 1 is 1.26 bits per heavy atom. The number of hydrogen-bond donors (Lipinski definition) is 1. The molecule has 0 saturated heterocycles. The monoisotopic (exact) mass is 407 g/mol. The molecule has 6 nitrogen and oxygen atoms in total. The van der Waals surface area contributed by atoms with Crippen LogP contribution in [0.2, 0.25) is 0 Å². The molecule has 27 heavy (non-hydrogen) atoms. The van der Waals surface area contributed by atoms with Crippen LogP contribution in [0.3, 0.4) is 0 Å². The fourth-order valence-electron chi connectivity index (χ4n) is 2.92. The summed E-state index contributed by atoms with van der Waals surface area (Å²) in [7, 11) is 0.547.